The molecule has 2 heterocycles. The van der Waals surface area contributed by atoms with E-state index in [9.17, 15) is 9.59 Å². The van der Waals surface area contributed by atoms with Crippen molar-refractivity contribution >= 4 is 17.5 Å². The second kappa shape index (κ2) is 7.76. The molecule has 2 saturated heterocycles. The number of piperidine rings is 1. The highest BCUT2D eigenvalue weighted by Crippen LogP contribution is 2.37. The third kappa shape index (κ3) is 3.67. The minimum Gasteiger partial charge on any atom is -0.339 e. The van der Waals surface area contributed by atoms with E-state index in [0.29, 0.717) is 16.5 Å². The van der Waals surface area contributed by atoms with Gasteiger partial charge in [0.1, 0.15) is 0 Å². The first kappa shape index (κ1) is 18.7. The lowest BCUT2D eigenvalue weighted by atomic mass is 9.78. The Morgan fingerprint density at radius 2 is 1.68 bits per heavy atom. The van der Waals surface area contributed by atoms with Crippen LogP contribution in [0.2, 0.25) is 0 Å². The molecular weight excluding hydrogens is 350 g/mol. The molecule has 0 bridgehead atoms. The number of likely N-dealkylation sites (tertiary alicyclic amines) is 1. The van der Waals surface area contributed by atoms with Crippen LogP contribution in [-0.2, 0) is 0 Å². The molecule has 2 aromatic carbocycles. The van der Waals surface area contributed by atoms with Gasteiger partial charge in [0.15, 0.2) is 0 Å². The van der Waals surface area contributed by atoms with Gasteiger partial charge in [-0.25, -0.2) is 0 Å². The van der Waals surface area contributed by atoms with Gasteiger partial charge in [-0.2, -0.15) is 0 Å². The standard InChI is InChI=1S/C23H27N3O2/c1-25(20-8-3-2-4-9-20)21(27)18-6-5-7-19(16-18)22(28)26-14-11-23(12-15-26)10-13-24-17-23/h2-9,16,24H,10-15,17H2,1H3. The van der Waals surface area contributed by atoms with Gasteiger partial charge in [-0.15, -0.1) is 0 Å². The van der Waals surface area contributed by atoms with Gasteiger partial charge < -0.3 is 15.1 Å². The zero-order valence-corrected chi connectivity index (χ0v) is 16.4. The predicted octanol–water partition coefficient (Wildman–Crippen LogP) is 3.18. The average molecular weight is 377 g/mol. The number of rotatable bonds is 3. The van der Waals surface area contributed by atoms with E-state index >= 15 is 0 Å². The van der Waals surface area contributed by atoms with Gasteiger partial charge in [-0.3, -0.25) is 9.59 Å². The van der Waals surface area contributed by atoms with Crippen LogP contribution in [0, 0.1) is 5.41 Å². The van der Waals surface area contributed by atoms with Crippen molar-refractivity contribution in [3.63, 3.8) is 0 Å². The third-order valence-electron chi connectivity index (χ3n) is 6.25. The first-order valence-corrected chi connectivity index (χ1v) is 10.0. The van der Waals surface area contributed by atoms with E-state index in [4.69, 9.17) is 0 Å². The van der Waals surface area contributed by atoms with E-state index in [1.165, 1.54) is 6.42 Å². The monoisotopic (exact) mass is 377 g/mol. The summed E-state index contributed by atoms with van der Waals surface area (Å²) >= 11 is 0. The van der Waals surface area contributed by atoms with Crippen molar-refractivity contribution in [3.8, 4) is 0 Å². The second-order valence-corrected chi connectivity index (χ2v) is 8.00. The van der Waals surface area contributed by atoms with Crippen molar-refractivity contribution in [1.29, 1.82) is 0 Å². The van der Waals surface area contributed by atoms with E-state index in [-0.39, 0.29) is 11.8 Å². The van der Waals surface area contributed by atoms with Crippen LogP contribution in [-0.4, -0.2) is 49.9 Å². The van der Waals surface area contributed by atoms with Gasteiger partial charge in [0.2, 0.25) is 0 Å². The van der Waals surface area contributed by atoms with Crippen LogP contribution >= 0.6 is 0 Å². The summed E-state index contributed by atoms with van der Waals surface area (Å²) in [6.07, 6.45) is 3.33. The maximum Gasteiger partial charge on any atom is 0.258 e. The summed E-state index contributed by atoms with van der Waals surface area (Å²) in [5, 5.41) is 3.46. The van der Waals surface area contributed by atoms with E-state index in [1.807, 2.05) is 41.3 Å². The maximum atomic E-state index is 13.0. The molecule has 2 amide bonds. The van der Waals surface area contributed by atoms with E-state index in [2.05, 4.69) is 5.32 Å². The zero-order chi connectivity index (χ0) is 19.6. The van der Waals surface area contributed by atoms with Gasteiger partial charge in [0, 0.05) is 43.5 Å². The Hall–Kier alpha value is -2.66. The summed E-state index contributed by atoms with van der Waals surface area (Å²) in [6.45, 7) is 3.75. The maximum absolute atomic E-state index is 13.0. The summed E-state index contributed by atoms with van der Waals surface area (Å²) < 4.78 is 0. The lowest BCUT2D eigenvalue weighted by Crippen LogP contribution is -2.44. The SMILES string of the molecule is CN(C(=O)c1cccc(C(=O)N2CCC3(CCNC3)CC2)c1)c1ccccc1. The first-order valence-electron chi connectivity index (χ1n) is 10.0. The van der Waals surface area contributed by atoms with Crippen molar-refractivity contribution in [1.82, 2.24) is 10.2 Å². The fourth-order valence-corrected chi connectivity index (χ4v) is 4.34. The smallest absolute Gasteiger partial charge is 0.258 e. The van der Waals surface area contributed by atoms with Gasteiger partial charge in [0.25, 0.3) is 11.8 Å². The molecule has 0 unspecified atom stereocenters. The Labute approximate surface area is 166 Å². The summed E-state index contributed by atoms with van der Waals surface area (Å²) in [5.74, 6) is -0.0895. The number of carbonyl (C=O) groups excluding carboxylic acids is 2. The minimum absolute atomic E-state index is 0.0258. The number of para-hydroxylation sites is 1. The van der Waals surface area contributed by atoms with E-state index in [1.54, 1.807) is 30.1 Å². The Balaban J connectivity index is 1.46. The molecule has 4 rings (SSSR count). The van der Waals surface area contributed by atoms with Crippen molar-refractivity contribution < 1.29 is 9.59 Å². The van der Waals surface area contributed by atoms with E-state index in [0.717, 1.165) is 44.7 Å². The summed E-state index contributed by atoms with van der Waals surface area (Å²) in [7, 11) is 1.76. The number of nitrogens with one attached hydrogen (secondary N) is 1. The fraction of sp³-hybridized carbons (Fsp3) is 0.391. The Kier molecular flexibility index (Phi) is 5.18. The third-order valence-corrected chi connectivity index (χ3v) is 6.25. The highest BCUT2D eigenvalue weighted by atomic mass is 16.2. The molecule has 1 N–H and O–H groups in total. The number of hydrogen-bond donors (Lipinski definition) is 1. The van der Waals surface area contributed by atoms with Crippen LogP contribution in [0.3, 0.4) is 0 Å². The predicted molar refractivity (Wildman–Crippen MR) is 111 cm³/mol. The molecule has 146 valence electrons. The van der Waals surface area contributed by atoms with Gasteiger partial charge in [-0.1, -0.05) is 24.3 Å². The molecule has 2 aliphatic heterocycles. The molecule has 5 nitrogen and oxygen atoms in total. The molecule has 2 aromatic rings. The summed E-state index contributed by atoms with van der Waals surface area (Å²) in [6, 6.07) is 16.6. The van der Waals surface area contributed by atoms with Crippen molar-refractivity contribution in [3.05, 3.63) is 65.7 Å². The molecule has 0 aromatic heterocycles. The van der Waals surface area contributed by atoms with Crippen LogP contribution in [0.5, 0.6) is 0 Å². The lowest BCUT2D eigenvalue weighted by Gasteiger charge is -2.39. The highest BCUT2D eigenvalue weighted by Gasteiger charge is 2.38. The zero-order valence-electron chi connectivity index (χ0n) is 16.4. The van der Waals surface area contributed by atoms with Gasteiger partial charge in [-0.05, 0) is 61.6 Å². The number of hydrogen-bond acceptors (Lipinski definition) is 3. The number of amides is 2. The van der Waals surface area contributed by atoms with Crippen LogP contribution in [0.1, 0.15) is 40.0 Å². The van der Waals surface area contributed by atoms with Crippen LogP contribution in [0.25, 0.3) is 0 Å². The average Bonchev–Trinajstić information content (AvgIpc) is 3.21. The first-order chi connectivity index (χ1) is 13.6. The van der Waals surface area contributed by atoms with Crippen LogP contribution in [0.15, 0.2) is 54.6 Å². The largest absolute Gasteiger partial charge is 0.339 e. The number of carbonyl (C=O) groups is 2. The molecule has 0 atom stereocenters. The lowest BCUT2D eigenvalue weighted by molar-refractivity contribution is 0.0607. The number of anilines is 1. The Morgan fingerprint density at radius 3 is 2.36 bits per heavy atom. The molecule has 28 heavy (non-hydrogen) atoms. The van der Waals surface area contributed by atoms with Gasteiger partial charge in [0.05, 0.1) is 0 Å². The number of benzene rings is 2. The molecule has 0 saturated carbocycles. The number of nitrogens with zero attached hydrogens (tertiary/aromatic N) is 2. The second-order valence-electron chi connectivity index (χ2n) is 8.00. The summed E-state index contributed by atoms with van der Waals surface area (Å²) in [4.78, 5) is 29.4. The normalized spacial score (nSPS) is 18.2. The topological polar surface area (TPSA) is 52.7 Å². The molecule has 0 aliphatic carbocycles. The Morgan fingerprint density at radius 1 is 0.964 bits per heavy atom. The van der Waals surface area contributed by atoms with Crippen LogP contribution in [0.4, 0.5) is 5.69 Å². The molecule has 0 radical (unpaired) electrons. The molecule has 2 aliphatic rings. The Bertz CT molecular complexity index is 849. The molecule has 2 fully saturated rings. The van der Waals surface area contributed by atoms with Crippen molar-refractivity contribution in [2.24, 2.45) is 5.41 Å². The fourth-order valence-electron chi connectivity index (χ4n) is 4.34. The molecule has 1 spiro atoms. The minimum atomic E-state index is -0.115. The van der Waals surface area contributed by atoms with Gasteiger partial charge >= 0.3 is 0 Å². The molecular formula is C23H27N3O2. The molecule has 5 heteroatoms. The van der Waals surface area contributed by atoms with Crippen molar-refractivity contribution in [2.45, 2.75) is 19.3 Å². The highest BCUT2D eigenvalue weighted by molar-refractivity contribution is 6.07. The quantitative estimate of drug-likeness (QED) is 0.894. The van der Waals surface area contributed by atoms with E-state index < -0.39 is 0 Å². The van der Waals surface area contributed by atoms with Crippen LogP contribution < -0.4 is 10.2 Å². The van der Waals surface area contributed by atoms with Crippen molar-refractivity contribution in [2.75, 3.05) is 38.1 Å². The summed E-state index contributed by atoms with van der Waals surface area (Å²) in [5.41, 5.74) is 2.33.